The van der Waals surface area contributed by atoms with Gasteiger partial charge in [0, 0.05) is 12.3 Å². The number of aliphatic hydroxyl groups is 1. The van der Waals surface area contributed by atoms with Crippen molar-refractivity contribution in [2.75, 3.05) is 13.2 Å². The van der Waals surface area contributed by atoms with Gasteiger partial charge in [-0.1, -0.05) is 34.6 Å². The number of rotatable bonds is 4. The number of nitrogens with zero attached hydrogens (tertiary/aromatic N) is 1. The molecule has 2 aliphatic heterocycles. The largest absolute Gasteiger partial charge is 0.476 e. The molecule has 42 heavy (non-hydrogen) atoms. The molecule has 2 spiro atoms. The number of ether oxygens (including phenoxy) is 3. The lowest BCUT2D eigenvalue weighted by molar-refractivity contribution is -0.209. The number of nitrogens with one attached hydrogen (secondary N) is 1. The Balaban J connectivity index is 1.15. The summed E-state index contributed by atoms with van der Waals surface area (Å²) in [5.41, 5.74) is 0.388. The number of fused-ring (bicyclic) bond motifs is 4. The lowest BCUT2D eigenvalue weighted by atomic mass is 9.41. The fourth-order valence-electron chi connectivity index (χ4n) is 13.2. The summed E-state index contributed by atoms with van der Waals surface area (Å²) in [6, 6.07) is 0. The van der Waals surface area contributed by atoms with Crippen molar-refractivity contribution in [3.63, 3.8) is 0 Å². The zero-order valence-electron chi connectivity index (χ0n) is 27.4. The average Bonchev–Trinajstić information content (AvgIpc) is 3.13. The van der Waals surface area contributed by atoms with Gasteiger partial charge in [-0.2, -0.15) is 0 Å². The van der Waals surface area contributed by atoms with E-state index in [1.54, 1.807) is 13.8 Å². The molecule has 0 bridgehead atoms. The summed E-state index contributed by atoms with van der Waals surface area (Å²) in [7, 11) is 0. The van der Waals surface area contributed by atoms with Gasteiger partial charge < -0.3 is 19.3 Å². The first kappa shape index (κ1) is 29.5. The van der Waals surface area contributed by atoms with Crippen molar-refractivity contribution in [2.45, 2.75) is 143 Å². The Morgan fingerprint density at radius 1 is 1.07 bits per heavy atom. The Labute approximate surface area is 253 Å². The first-order valence-corrected chi connectivity index (χ1v) is 17.0. The van der Waals surface area contributed by atoms with Crippen LogP contribution >= 0.6 is 0 Å². The number of carbonyl (C=O) groups is 1. The highest BCUT2D eigenvalue weighted by Gasteiger charge is 2.83. The molecule has 7 heteroatoms. The van der Waals surface area contributed by atoms with E-state index in [0.717, 1.165) is 37.6 Å². The van der Waals surface area contributed by atoms with Crippen LogP contribution in [0, 0.1) is 50.7 Å². The lowest BCUT2D eigenvalue weighted by Crippen LogP contribution is -2.58. The van der Waals surface area contributed by atoms with Gasteiger partial charge in [0.2, 0.25) is 0 Å². The van der Waals surface area contributed by atoms with Crippen molar-refractivity contribution in [3.8, 4) is 0 Å². The van der Waals surface area contributed by atoms with E-state index in [2.05, 4.69) is 44.9 Å². The zero-order chi connectivity index (χ0) is 30.1. The van der Waals surface area contributed by atoms with Crippen molar-refractivity contribution < 1.29 is 24.1 Å². The van der Waals surface area contributed by atoms with Crippen LogP contribution in [0.1, 0.15) is 113 Å². The van der Waals surface area contributed by atoms with Crippen LogP contribution in [0.25, 0.3) is 0 Å². The van der Waals surface area contributed by atoms with E-state index in [0.29, 0.717) is 35.3 Å². The third kappa shape index (κ3) is 3.80. The maximum absolute atomic E-state index is 12.0. The first-order valence-electron chi connectivity index (χ1n) is 17.0. The van der Waals surface area contributed by atoms with E-state index < -0.39 is 11.7 Å². The van der Waals surface area contributed by atoms with Crippen LogP contribution in [0.5, 0.6) is 0 Å². The summed E-state index contributed by atoms with van der Waals surface area (Å²) in [6.45, 7) is 19.0. The van der Waals surface area contributed by atoms with Gasteiger partial charge >= 0.3 is 5.97 Å². The van der Waals surface area contributed by atoms with Crippen LogP contribution in [0.3, 0.4) is 0 Å². The molecule has 5 unspecified atom stereocenters. The predicted octanol–water partition coefficient (Wildman–Crippen LogP) is 5.88. The van der Waals surface area contributed by atoms with Crippen molar-refractivity contribution >= 4 is 11.9 Å². The molecule has 2 N–H and O–H groups in total. The molecule has 12 atom stereocenters. The normalized spacial score (nSPS) is 51.2. The second-order valence-electron chi connectivity index (χ2n) is 17.4. The molecular weight excluding hydrogens is 528 g/mol. The lowest BCUT2D eigenvalue weighted by Gasteiger charge is -2.63. The van der Waals surface area contributed by atoms with Gasteiger partial charge in [0.15, 0.2) is 12.0 Å². The van der Waals surface area contributed by atoms with Crippen LogP contribution < -0.4 is 5.32 Å². The summed E-state index contributed by atoms with van der Waals surface area (Å²) in [6.07, 6.45) is 10.5. The molecule has 7 rings (SSSR count). The summed E-state index contributed by atoms with van der Waals surface area (Å²) in [4.78, 5) is 16.6. The maximum Gasteiger partial charge on any atom is 0.303 e. The van der Waals surface area contributed by atoms with Crippen molar-refractivity contribution in [1.82, 2.24) is 5.32 Å². The topological polar surface area (TPSA) is 89.4 Å². The van der Waals surface area contributed by atoms with Crippen LogP contribution in [-0.4, -0.2) is 60.2 Å². The molecule has 5 aliphatic carbocycles. The van der Waals surface area contributed by atoms with Crippen molar-refractivity contribution in [1.29, 1.82) is 0 Å². The monoisotopic (exact) mass is 584 g/mol. The number of hydrogen-bond acceptors (Lipinski definition) is 7. The summed E-state index contributed by atoms with van der Waals surface area (Å²) < 4.78 is 19.3. The molecular formula is C35H56N2O5. The van der Waals surface area contributed by atoms with E-state index in [-0.39, 0.29) is 40.5 Å². The molecule has 0 radical (unpaired) electrons. The van der Waals surface area contributed by atoms with E-state index in [4.69, 9.17) is 14.2 Å². The second kappa shape index (κ2) is 9.19. The molecule has 7 aliphatic rings. The number of aliphatic imine (C=N–C) groups is 1. The molecule has 0 aromatic heterocycles. The van der Waals surface area contributed by atoms with Gasteiger partial charge in [-0.3, -0.25) is 10.1 Å². The fourth-order valence-corrected chi connectivity index (χ4v) is 13.2. The Morgan fingerprint density at radius 3 is 2.45 bits per heavy atom. The molecule has 2 heterocycles. The van der Waals surface area contributed by atoms with Gasteiger partial charge in [0.25, 0.3) is 0 Å². The molecule has 5 saturated carbocycles. The fraction of sp³-hybridized carbons (Fsp3) is 0.943. The van der Waals surface area contributed by atoms with Crippen LogP contribution in [-0.2, 0) is 19.0 Å². The smallest absolute Gasteiger partial charge is 0.303 e. The SMILES string of the molecule is CC(=O)O[C@@H](C1C[C@@H](C)C2C(C[C@@]3(C)[C@@H]4CCC5C(C)(C)[C@@H](OC6=NCNC6)CCC56C[C@@]46CC[C@]23C)O1)C(C)(C)O. The third-order valence-electron chi connectivity index (χ3n) is 14.9. The minimum Gasteiger partial charge on any atom is -0.476 e. The van der Waals surface area contributed by atoms with E-state index in [1.165, 1.54) is 45.4 Å². The summed E-state index contributed by atoms with van der Waals surface area (Å²) in [5.74, 6) is 2.96. The quantitative estimate of drug-likeness (QED) is 0.402. The number of esters is 1. The van der Waals surface area contributed by atoms with E-state index in [9.17, 15) is 9.90 Å². The Hall–Kier alpha value is -1.18. The molecule has 0 aromatic carbocycles. The van der Waals surface area contributed by atoms with Crippen LogP contribution in [0.2, 0.25) is 0 Å². The Bertz CT molecular complexity index is 1160. The van der Waals surface area contributed by atoms with Gasteiger partial charge in [0.05, 0.1) is 31.0 Å². The zero-order valence-corrected chi connectivity index (χ0v) is 27.4. The third-order valence-corrected chi connectivity index (χ3v) is 14.9. The van der Waals surface area contributed by atoms with Crippen LogP contribution in [0.15, 0.2) is 4.99 Å². The van der Waals surface area contributed by atoms with Gasteiger partial charge in [-0.15, -0.1) is 0 Å². The minimum atomic E-state index is -1.15. The van der Waals surface area contributed by atoms with Gasteiger partial charge in [-0.05, 0) is 117 Å². The van der Waals surface area contributed by atoms with E-state index >= 15 is 0 Å². The Kier molecular flexibility index (Phi) is 6.46. The highest BCUT2D eigenvalue weighted by Crippen LogP contribution is 2.89. The van der Waals surface area contributed by atoms with E-state index in [1.807, 2.05) is 0 Å². The molecule has 0 aromatic rings. The van der Waals surface area contributed by atoms with Crippen LogP contribution in [0.4, 0.5) is 0 Å². The molecule has 236 valence electrons. The molecule has 6 fully saturated rings. The average molecular weight is 585 g/mol. The maximum atomic E-state index is 12.0. The molecule has 7 nitrogen and oxygen atoms in total. The van der Waals surface area contributed by atoms with Gasteiger partial charge in [-0.25, -0.2) is 4.99 Å². The standard InChI is InChI=1S/C35H56N2O5/c1-20-15-22(29(31(5,6)39)40-21(2)38)41-23-16-33(8)25-10-9-24-30(3,4)26(42-27-17-36-19-37-27)11-12-34(24)18-35(25,34)14-13-32(33,7)28(20)23/h20,22-26,28-29,36,39H,9-19H2,1-8H3/t20-,22?,23?,24?,25+,26+,28?,29+,32-,33+,34?,35+/m1/s1. The first-order chi connectivity index (χ1) is 19.6. The molecule has 1 saturated heterocycles. The minimum absolute atomic E-state index is 0.150. The summed E-state index contributed by atoms with van der Waals surface area (Å²) >= 11 is 0. The second-order valence-corrected chi connectivity index (χ2v) is 17.4. The summed E-state index contributed by atoms with van der Waals surface area (Å²) in [5, 5.41) is 14.3. The number of carbonyl (C=O) groups excluding carboxylic acids is 1. The van der Waals surface area contributed by atoms with Crippen molar-refractivity contribution in [3.05, 3.63) is 0 Å². The number of hydrogen-bond donors (Lipinski definition) is 2. The molecule has 0 amide bonds. The highest BCUT2D eigenvalue weighted by atomic mass is 16.6. The highest BCUT2D eigenvalue weighted by molar-refractivity contribution is 5.79. The predicted molar refractivity (Wildman–Crippen MR) is 162 cm³/mol. The van der Waals surface area contributed by atoms with Gasteiger partial charge in [0.1, 0.15) is 6.10 Å². The Morgan fingerprint density at radius 2 is 1.79 bits per heavy atom. The van der Waals surface area contributed by atoms with Crippen molar-refractivity contribution in [2.24, 2.45) is 55.7 Å².